The number of phenolic OH excluding ortho intramolecular Hbond substituents is 1. The largest absolute Gasteiger partial charge is 0.508 e. The van der Waals surface area contributed by atoms with Crippen LogP contribution in [0.1, 0.15) is 18.0 Å². The molecular weight excluding hydrogens is 258 g/mol. The highest BCUT2D eigenvalue weighted by Gasteiger charge is 2.37. The van der Waals surface area contributed by atoms with Crippen molar-refractivity contribution in [1.29, 1.82) is 0 Å². The van der Waals surface area contributed by atoms with Crippen LogP contribution in [-0.4, -0.2) is 38.9 Å². The van der Waals surface area contributed by atoms with E-state index in [1.807, 2.05) is 0 Å². The molecule has 1 aromatic rings. The van der Waals surface area contributed by atoms with Gasteiger partial charge in [0.05, 0.1) is 5.38 Å². The zero-order chi connectivity index (χ0) is 13.3. The van der Waals surface area contributed by atoms with E-state index in [0.717, 1.165) is 0 Å². The molecule has 5 nitrogen and oxygen atoms in total. The molecule has 0 bridgehead atoms. The highest BCUT2D eigenvalue weighted by atomic mass is 35.5. The second kappa shape index (κ2) is 4.86. The number of phenols is 1. The van der Waals surface area contributed by atoms with Gasteiger partial charge in [-0.1, -0.05) is 12.1 Å². The number of carboxylic acid groups (broad SMARTS) is 1. The lowest BCUT2D eigenvalue weighted by Gasteiger charge is -2.24. The number of amides is 1. The second-order valence-corrected chi connectivity index (χ2v) is 4.80. The highest BCUT2D eigenvalue weighted by Crippen LogP contribution is 2.29. The average molecular weight is 270 g/mol. The van der Waals surface area contributed by atoms with E-state index in [2.05, 4.69) is 0 Å². The van der Waals surface area contributed by atoms with E-state index >= 15 is 0 Å². The van der Waals surface area contributed by atoms with E-state index in [1.54, 1.807) is 0 Å². The van der Waals surface area contributed by atoms with Gasteiger partial charge in [0.2, 0.25) is 5.91 Å². The minimum atomic E-state index is -1.11. The summed E-state index contributed by atoms with van der Waals surface area (Å²) in [4.78, 5) is 24.3. The van der Waals surface area contributed by atoms with E-state index in [0.29, 0.717) is 5.56 Å². The molecule has 1 amide bonds. The molecule has 6 heteroatoms. The Labute approximate surface area is 109 Å². The summed E-state index contributed by atoms with van der Waals surface area (Å²) in [5.41, 5.74) is 0.444. The molecule has 18 heavy (non-hydrogen) atoms. The molecule has 0 radical (unpaired) electrons. The first-order valence-electron chi connectivity index (χ1n) is 5.44. The fourth-order valence-electron chi connectivity index (χ4n) is 2.05. The standard InChI is InChI=1S/C12H12ClNO4/c13-8-5-10(16)14(6-8)11(12(17)18)7-1-3-9(15)4-2-7/h1-4,8,11,15H,5-6H2,(H,17,18). The molecule has 2 unspecified atom stereocenters. The Bertz CT molecular complexity index is 473. The Morgan fingerprint density at radius 2 is 2.00 bits per heavy atom. The molecule has 1 heterocycles. The lowest BCUT2D eigenvalue weighted by molar-refractivity contribution is -0.148. The van der Waals surface area contributed by atoms with Gasteiger partial charge in [-0.3, -0.25) is 4.79 Å². The molecule has 0 aromatic heterocycles. The fraction of sp³-hybridized carbons (Fsp3) is 0.333. The monoisotopic (exact) mass is 269 g/mol. The number of halogens is 1. The van der Waals surface area contributed by atoms with E-state index in [4.69, 9.17) is 11.6 Å². The third kappa shape index (κ3) is 2.41. The molecule has 2 N–H and O–H groups in total. The lowest BCUT2D eigenvalue weighted by atomic mass is 10.1. The first-order chi connectivity index (χ1) is 8.49. The van der Waals surface area contributed by atoms with Gasteiger partial charge in [0.15, 0.2) is 6.04 Å². The van der Waals surface area contributed by atoms with E-state index in [9.17, 15) is 19.8 Å². The first kappa shape index (κ1) is 12.7. The Morgan fingerprint density at radius 3 is 2.44 bits per heavy atom. The average Bonchev–Trinajstić information content (AvgIpc) is 2.61. The number of carbonyl (C=O) groups excluding carboxylic acids is 1. The molecule has 1 aliphatic rings. The summed E-state index contributed by atoms with van der Waals surface area (Å²) in [6.07, 6.45) is 0.156. The predicted octanol–water partition coefficient (Wildman–Crippen LogP) is 1.36. The molecule has 1 aliphatic heterocycles. The van der Waals surface area contributed by atoms with Crippen molar-refractivity contribution in [3.63, 3.8) is 0 Å². The third-order valence-corrected chi connectivity index (χ3v) is 3.16. The molecule has 2 atom stereocenters. The Hall–Kier alpha value is -1.75. The number of carboxylic acids is 1. The van der Waals surface area contributed by atoms with Crippen molar-refractivity contribution >= 4 is 23.5 Å². The molecule has 1 fully saturated rings. The maximum atomic E-state index is 11.7. The van der Waals surface area contributed by atoms with Crippen LogP contribution in [0.25, 0.3) is 0 Å². The summed E-state index contributed by atoms with van der Waals surface area (Å²) in [6.45, 7) is 0.220. The number of nitrogens with zero attached hydrogens (tertiary/aromatic N) is 1. The molecule has 1 saturated heterocycles. The van der Waals surface area contributed by atoms with Gasteiger partial charge < -0.3 is 15.1 Å². The van der Waals surface area contributed by atoms with Crippen LogP contribution in [0.4, 0.5) is 0 Å². The van der Waals surface area contributed by atoms with Gasteiger partial charge in [0, 0.05) is 13.0 Å². The number of alkyl halides is 1. The highest BCUT2D eigenvalue weighted by molar-refractivity contribution is 6.22. The van der Waals surface area contributed by atoms with Gasteiger partial charge in [0.1, 0.15) is 5.75 Å². The summed E-state index contributed by atoms with van der Waals surface area (Å²) in [7, 11) is 0. The SMILES string of the molecule is O=C(O)C(c1ccc(O)cc1)N1CC(Cl)CC1=O. The summed E-state index contributed by atoms with van der Waals surface area (Å²) in [5, 5.41) is 18.1. The number of benzene rings is 1. The van der Waals surface area contributed by atoms with Crippen LogP contribution in [0.3, 0.4) is 0 Å². The minimum absolute atomic E-state index is 0.0471. The predicted molar refractivity (Wildman–Crippen MR) is 64.5 cm³/mol. The van der Waals surface area contributed by atoms with Crippen LogP contribution in [0.2, 0.25) is 0 Å². The van der Waals surface area contributed by atoms with Crippen molar-refractivity contribution in [3.8, 4) is 5.75 Å². The summed E-state index contributed by atoms with van der Waals surface area (Å²) < 4.78 is 0. The summed E-state index contributed by atoms with van der Waals surface area (Å²) in [5.74, 6) is -1.33. The molecular formula is C12H12ClNO4. The number of rotatable bonds is 3. The molecule has 1 aromatic carbocycles. The van der Waals surface area contributed by atoms with Crippen molar-refractivity contribution < 1.29 is 19.8 Å². The maximum Gasteiger partial charge on any atom is 0.331 e. The number of hydrogen-bond acceptors (Lipinski definition) is 3. The first-order valence-corrected chi connectivity index (χ1v) is 5.88. The minimum Gasteiger partial charge on any atom is -0.508 e. The normalized spacial score (nSPS) is 21.1. The lowest BCUT2D eigenvalue weighted by Crippen LogP contribution is -2.35. The Balaban J connectivity index is 2.32. The van der Waals surface area contributed by atoms with Gasteiger partial charge >= 0.3 is 5.97 Å². The molecule has 0 aliphatic carbocycles. The zero-order valence-corrected chi connectivity index (χ0v) is 10.2. The van der Waals surface area contributed by atoms with Gasteiger partial charge in [-0.15, -0.1) is 11.6 Å². The number of aromatic hydroxyl groups is 1. The summed E-state index contributed by atoms with van der Waals surface area (Å²) >= 11 is 5.87. The molecule has 0 spiro atoms. The van der Waals surface area contributed by atoms with Crippen LogP contribution in [0.5, 0.6) is 5.75 Å². The van der Waals surface area contributed by atoms with E-state index < -0.39 is 12.0 Å². The van der Waals surface area contributed by atoms with Crippen molar-refractivity contribution in [2.45, 2.75) is 17.8 Å². The third-order valence-electron chi connectivity index (χ3n) is 2.87. The fourth-order valence-corrected chi connectivity index (χ4v) is 2.33. The van der Waals surface area contributed by atoms with Gasteiger partial charge in [-0.05, 0) is 17.7 Å². The van der Waals surface area contributed by atoms with Crippen LogP contribution < -0.4 is 0 Å². The Morgan fingerprint density at radius 1 is 1.39 bits per heavy atom. The molecule has 96 valence electrons. The smallest absolute Gasteiger partial charge is 0.331 e. The van der Waals surface area contributed by atoms with E-state index in [-0.39, 0.29) is 30.0 Å². The number of carbonyl (C=O) groups is 2. The number of likely N-dealkylation sites (tertiary alicyclic amines) is 1. The number of aliphatic carboxylic acids is 1. The van der Waals surface area contributed by atoms with Crippen molar-refractivity contribution in [3.05, 3.63) is 29.8 Å². The molecule has 0 saturated carbocycles. The van der Waals surface area contributed by atoms with Crippen molar-refractivity contribution in [2.75, 3.05) is 6.54 Å². The van der Waals surface area contributed by atoms with Gasteiger partial charge in [0.25, 0.3) is 0 Å². The van der Waals surface area contributed by atoms with Crippen LogP contribution >= 0.6 is 11.6 Å². The van der Waals surface area contributed by atoms with Gasteiger partial charge in [-0.25, -0.2) is 4.79 Å². The van der Waals surface area contributed by atoms with Crippen LogP contribution in [0.15, 0.2) is 24.3 Å². The van der Waals surface area contributed by atoms with Crippen molar-refractivity contribution in [1.82, 2.24) is 4.90 Å². The van der Waals surface area contributed by atoms with Crippen LogP contribution in [0, 0.1) is 0 Å². The Kier molecular flexibility index (Phi) is 3.43. The topological polar surface area (TPSA) is 77.8 Å². The summed E-state index contributed by atoms with van der Waals surface area (Å²) in [6, 6.07) is 4.71. The van der Waals surface area contributed by atoms with Crippen LogP contribution in [-0.2, 0) is 9.59 Å². The molecule has 2 rings (SSSR count). The van der Waals surface area contributed by atoms with Crippen molar-refractivity contribution in [2.24, 2.45) is 0 Å². The van der Waals surface area contributed by atoms with Gasteiger partial charge in [-0.2, -0.15) is 0 Å². The van der Waals surface area contributed by atoms with E-state index in [1.165, 1.54) is 29.2 Å². The maximum absolute atomic E-state index is 11.7. The number of hydrogen-bond donors (Lipinski definition) is 2. The quantitative estimate of drug-likeness (QED) is 0.812. The second-order valence-electron chi connectivity index (χ2n) is 4.18. The zero-order valence-electron chi connectivity index (χ0n) is 9.41.